The number of hydrogen-bond acceptors (Lipinski definition) is 3. The fourth-order valence-electron chi connectivity index (χ4n) is 1.88. The van der Waals surface area contributed by atoms with Crippen molar-refractivity contribution in [1.82, 2.24) is 0 Å². The van der Waals surface area contributed by atoms with Crippen LogP contribution in [0.3, 0.4) is 0 Å². The quantitative estimate of drug-likeness (QED) is 0.778. The number of fused-ring (bicyclic) bond motifs is 1. The van der Waals surface area contributed by atoms with Crippen LogP contribution in [0.5, 0.6) is 5.75 Å². The molecule has 3 nitrogen and oxygen atoms in total. The molecule has 2 rings (SSSR count). The van der Waals surface area contributed by atoms with Crippen LogP contribution in [-0.4, -0.2) is 23.8 Å². The van der Waals surface area contributed by atoms with Gasteiger partial charge in [0.05, 0.1) is 6.61 Å². The van der Waals surface area contributed by atoms with Gasteiger partial charge in [0, 0.05) is 5.46 Å². The Balaban J connectivity index is 2.56. The molecule has 0 bridgehead atoms. The SMILES string of the molecule is CCCOc1ccc2ccccc2c1B(O)O. The molecule has 0 saturated heterocycles. The first kappa shape index (κ1) is 12.0. The molecule has 0 heterocycles. The molecule has 2 aromatic rings. The van der Waals surface area contributed by atoms with E-state index in [0.29, 0.717) is 17.8 Å². The molecule has 0 atom stereocenters. The lowest BCUT2D eigenvalue weighted by molar-refractivity contribution is 0.318. The average Bonchev–Trinajstić information content (AvgIpc) is 2.35. The summed E-state index contributed by atoms with van der Waals surface area (Å²) in [4.78, 5) is 0. The summed E-state index contributed by atoms with van der Waals surface area (Å²) in [7, 11) is -1.52. The van der Waals surface area contributed by atoms with E-state index in [4.69, 9.17) is 4.74 Å². The Bertz CT molecular complexity index is 511. The molecule has 0 amide bonds. The van der Waals surface area contributed by atoms with Crippen molar-refractivity contribution in [3.05, 3.63) is 36.4 Å². The number of benzene rings is 2. The maximum atomic E-state index is 9.48. The molecule has 0 fully saturated rings. The Morgan fingerprint density at radius 3 is 2.59 bits per heavy atom. The normalized spacial score (nSPS) is 10.5. The van der Waals surface area contributed by atoms with Gasteiger partial charge in [-0.3, -0.25) is 0 Å². The summed E-state index contributed by atoms with van der Waals surface area (Å²) in [5.74, 6) is 0.542. The summed E-state index contributed by atoms with van der Waals surface area (Å²) >= 11 is 0. The minimum Gasteiger partial charge on any atom is -0.494 e. The minimum absolute atomic E-state index is 0.441. The van der Waals surface area contributed by atoms with E-state index in [-0.39, 0.29) is 0 Å². The van der Waals surface area contributed by atoms with Crippen LogP contribution in [0.25, 0.3) is 10.8 Å². The Morgan fingerprint density at radius 1 is 1.12 bits per heavy atom. The first-order valence-corrected chi connectivity index (χ1v) is 5.74. The molecular formula is C13H15BO3. The number of ether oxygens (including phenoxy) is 1. The van der Waals surface area contributed by atoms with Crippen molar-refractivity contribution in [1.29, 1.82) is 0 Å². The van der Waals surface area contributed by atoms with E-state index in [2.05, 4.69) is 0 Å². The second-order valence-corrected chi connectivity index (χ2v) is 3.92. The van der Waals surface area contributed by atoms with Crippen LogP contribution in [0.1, 0.15) is 13.3 Å². The predicted molar refractivity (Wildman–Crippen MR) is 69.6 cm³/mol. The van der Waals surface area contributed by atoms with Crippen molar-refractivity contribution in [2.45, 2.75) is 13.3 Å². The van der Waals surface area contributed by atoms with Gasteiger partial charge >= 0.3 is 7.12 Å². The van der Waals surface area contributed by atoms with Crippen molar-refractivity contribution in [3.63, 3.8) is 0 Å². The Morgan fingerprint density at radius 2 is 1.88 bits per heavy atom. The third kappa shape index (κ3) is 2.43. The Kier molecular flexibility index (Phi) is 3.66. The molecule has 2 aromatic carbocycles. The van der Waals surface area contributed by atoms with E-state index in [1.54, 1.807) is 6.07 Å². The van der Waals surface area contributed by atoms with Crippen LogP contribution in [0.4, 0.5) is 0 Å². The highest BCUT2D eigenvalue weighted by molar-refractivity contribution is 6.63. The third-order valence-electron chi connectivity index (χ3n) is 2.65. The van der Waals surface area contributed by atoms with Crippen molar-refractivity contribution in [2.24, 2.45) is 0 Å². The van der Waals surface area contributed by atoms with Gasteiger partial charge in [0.25, 0.3) is 0 Å². The highest BCUT2D eigenvalue weighted by Crippen LogP contribution is 2.19. The molecule has 0 saturated carbocycles. The van der Waals surface area contributed by atoms with Gasteiger partial charge in [-0.25, -0.2) is 0 Å². The van der Waals surface area contributed by atoms with E-state index in [1.165, 1.54) is 0 Å². The standard InChI is InChI=1S/C13H15BO3/c1-2-9-17-12-8-7-10-5-3-4-6-11(10)13(12)14(15)16/h3-8,15-16H,2,9H2,1H3. The summed E-state index contributed by atoms with van der Waals surface area (Å²) in [5, 5.41) is 20.7. The van der Waals surface area contributed by atoms with Crippen molar-refractivity contribution >= 4 is 23.4 Å². The number of hydrogen-bond donors (Lipinski definition) is 2. The van der Waals surface area contributed by atoms with Gasteiger partial charge in [0.2, 0.25) is 0 Å². The van der Waals surface area contributed by atoms with Crippen molar-refractivity contribution in [2.75, 3.05) is 6.61 Å². The second-order valence-electron chi connectivity index (χ2n) is 3.92. The highest BCUT2D eigenvalue weighted by atomic mass is 16.5. The van der Waals surface area contributed by atoms with Gasteiger partial charge < -0.3 is 14.8 Å². The maximum absolute atomic E-state index is 9.48. The van der Waals surface area contributed by atoms with Crippen molar-refractivity contribution in [3.8, 4) is 5.75 Å². The van der Waals surface area contributed by atoms with Crippen LogP contribution in [-0.2, 0) is 0 Å². The lowest BCUT2D eigenvalue weighted by atomic mass is 9.76. The fraction of sp³-hybridized carbons (Fsp3) is 0.231. The van der Waals surface area contributed by atoms with Gasteiger partial charge in [-0.2, -0.15) is 0 Å². The molecule has 0 aliphatic carbocycles. The summed E-state index contributed by atoms with van der Waals surface area (Å²) < 4.78 is 5.54. The molecular weight excluding hydrogens is 215 g/mol. The second kappa shape index (κ2) is 5.21. The lowest BCUT2D eigenvalue weighted by Gasteiger charge is -2.13. The number of rotatable bonds is 4. The molecule has 17 heavy (non-hydrogen) atoms. The van der Waals surface area contributed by atoms with E-state index < -0.39 is 7.12 Å². The zero-order chi connectivity index (χ0) is 12.3. The molecule has 2 N–H and O–H groups in total. The largest absolute Gasteiger partial charge is 0.494 e. The van der Waals surface area contributed by atoms with Crippen LogP contribution < -0.4 is 10.2 Å². The van der Waals surface area contributed by atoms with Crippen LogP contribution in [0.2, 0.25) is 0 Å². The molecule has 88 valence electrons. The molecule has 4 heteroatoms. The van der Waals surface area contributed by atoms with E-state index in [0.717, 1.165) is 17.2 Å². The molecule has 0 radical (unpaired) electrons. The summed E-state index contributed by atoms with van der Waals surface area (Å²) in [6, 6.07) is 11.3. The van der Waals surface area contributed by atoms with Crippen LogP contribution in [0.15, 0.2) is 36.4 Å². The summed E-state index contributed by atoms with van der Waals surface area (Å²) in [5.41, 5.74) is 0.441. The summed E-state index contributed by atoms with van der Waals surface area (Å²) in [6.07, 6.45) is 0.883. The molecule has 0 unspecified atom stereocenters. The first-order valence-electron chi connectivity index (χ1n) is 5.74. The average molecular weight is 230 g/mol. The maximum Gasteiger partial charge on any atom is 0.492 e. The van der Waals surface area contributed by atoms with Gasteiger partial charge in [0.15, 0.2) is 0 Å². The molecule has 0 aliphatic rings. The highest BCUT2D eigenvalue weighted by Gasteiger charge is 2.20. The zero-order valence-electron chi connectivity index (χ0n) is 9.76. The van der Waals surface area contributed by atoms with E-state index in [9.17, 15) is 10.0 Å². The zero-order valence-corrected chi connectivity index (χ0v) is 9.76. The fourth-order valence-corrected chi connectivity index (χ4v) is 1.88. The smallest absolute Gasteiger partial charge is 0.492 e. The van der Waals surface area contributed by atoms with Gasteiger partial charge in [0.1, 0.15) is 5.75 Å². The minimum atomic E-state index is -1.52. The van der Waals surface area contributed by atoms with Crippen LogP contribution in [0, 0.1) is 0 Å². The van der Waals surface area contributed by atoms with Gasteiger partial charge in [-0.05, 0) is 23.3 Å². The topological polar surface area (TPSA) is 49.7 Å². The molecule has 0 aromatic heterocycles. The van der Waals surface area contributed by atoms with Gasteiger partial charge in [-0.1, -0.05) is 37.3 Å². The Hall–Kier alpha value is -1.52. The Labute approximate surface area is 101 Å². The van der Waals surface area contributed by atoms with E-state index >= 15 is 0 Å². The lowest BCUT2D eigenvalue weighted by Crippen LogP contribution is -2.32. The summed E-state index contributed by atoms with van der Waals surface area (Å²) in [6.45, 7) is 2.58. The van der Waals surface area contributed by atoms with E-state index in [1.807, 2.05) is 37.3 Å². The third-order valence-corrected chi connectivity index (χ3v) is 2.65. The molecule has 0 aliphatic heterocycles. The first-order chi connectivity index (χ1) is 8.24. The monoisotopic (exact) mass is 230 g/mol. The predicted octanol–water partition coefficient (Wildman–Crippen LogP) is 1.31. The molecule has 0 spiro atoms. The van der Waals surface area contributed by atoms with Crippen molar-refractivity contribution < 1.29 is 14.8 Å². The van der Waals surface area contributed by atoms with Crippen LogP contribution >= 0.6 is 0 Å². The van der Waals surface area contributed by atoms with Gasteiger partial charge in [-0.15, -0.1) is 0 Å².